The fourth-order valence-corrected chi connectivity index (χ4v) is 8.43. The van der Waals surface area contributed by atoms with Crippen molar-refractivity contribution in [3.05, 3.63) is 96.6 Å². The van der Waals surface area contributed by atoms with Gasteiger partial charge in [-0.25, -0.2) is 14.8 Å². The zero-order valence-corrected chi connectivity index (χ0v) is 37.4. The van der Waals surface area contributed by atoms with Crippen LogP contribution in [0.3, 0.4) is 0 Å². The number of hydrogen-bond donors (Lipinski definition) is 3. The summed E-state index contributed by atoms with van der Waals surface area (Å²) in [4.78, 5) is 48.9. The molecule has 1 aliphatic heterocycles. The van der Waals surface area contributed by atoms with Crippen LogP contribution in [0.2, 0.25) is 0 Å². The van der Waals surface area contributed by atoms with E-state index in [-0.39, 0.29) is 25.1 Å². The Labute approximate surface area is 363 Å². The molecule has 15 heteroatoms. The fourth-order valence-electron chi connectivity index (χ4n) is 7.29. The Balaban J connectivity index is 0.917. The van der Waals surface area contributed by atoms with Crippen LogP contribution in [0, 0.1) is 0 Å². The molecule has 0 radical (unpaired) electrons. The predicted molar refractivity (Wildman–Crippen MR) is 246 cm³/mol. The van der Waals surface area contributed by atoms with Crippen molar-refractivity contribution in [1.29, 1.82) is 0 Å². The molecule has 3 N–H and O–H groups in total. The molecule has 1 unspecified atom stereocenters. The number of carbonyl (C=O) groups excluding carboxylic acids is 2. The average molecular weight is 863 g/mol. The molecule has 1 saturated heterocycles. The Morgan fingerprint density at radius 3 is 2.18 bits per heavy atom. The summed E-state index contributed by atoms with van der Waals surface area (Å²) in [5.41, 5.74) is 7.17. The van der Waals surface area contributed by atoms with E-state index in [4.69, 9.17) is 24.0 Å². The molecule has 2 amide bonds. The van der Waals surface area contributed by atoms with Crippen LogP contribution >= 0.6 is 7.37 Å². The van der Waals surface area contributed by atoms with Gasteiger partial charge < -0.3 is 44.0 Å². The second-order valence-corrected chi connectivity index (χ2v) is 19.8. The summed E-state index contributed by atoms with van der Waals surface area (Å²) in [5.74, 6) is 2.15. The number of imidazole rings is 2. The molecule has 1 fully saturated rings. The number of hydrogen-bond acceptors (Lipinski definition) is 10. The average Bonchev–Trinajstić information content (AvgIpc) is 3.89. The van der Waals surface area contributed by atoms with E-state index in [9.17, 15) is 14.2 Å². The lowest BCUT2D eigenvalue weighted by Gasteiger charge is -2.34. The van der Waals surface area contributed by atoms with E-state index in [1.54, 1.807) is 11.6 Å². The molecule has 3 heterocycles. The van der Waals surface area contributed by atoms with E-state index in [1.807, 2.05) is 87.5 Å². The van der Waals surface area contributed by atoms with Gasteiger partial charge in [0.05, 0.1) is 35.3 Å². The zero-order chi connectivity index (χ0) is 43.7. The van der Waals surface area contributed by atoms with E-state index in [0.29, 0.717) is 44.8 Å². The molecule has 0 aliphatic carbocycles. The molecule has 62 heavy (non-hydrogen) atoms. The van der Waals surface area contributed by atoms with Crippen molar-refractivity contribution < 1.29 is 28.2 Å². The number of nitrogens with zero attached hydrogens (tertiary/aromatic N) is 5. The number of H-pyrrole nitrogens is 2. The summed E-state index contributed by atoms with van der Waals surface area (Å²) >= 11 is 0. The number of carbonyl (C=O) groups is 2. The Morgan fingerprint density at radius 1 is 0.823 bits per heavy atom. The van der Waals surface area contributed by atoms with E-state index in [0.717, 1.165) is 76.6 Å². The maximum Gasteiger partial charge on any atom is 0.407 e. The molecule has 14 nitrogen and oxygen atoms in total. The number of amides is 2. The smallest absolute Gasteiger partial charge is 0.407 e. The Hall–Kier alpha value is -5.69. The summed E-state index contributed by atoms with van der Waals surface area (Å²) in [6, 6.07) is 29.9. The lowest BCUT2D eigenvalue weighted by Crippen LogP contribution is -2.44. The number of rotatable bonds is 18. The minimum atomic E-state index is -3.01. The third kappa shape index (κ3) is 12.5. The van der Waals surface area contributed by atoms with Crippen LogP contribution in [0.1, 0.15) is 45.6 Å². The first kappa shape index (κ1) is 44.4. The highest BCUT2D eigenvalue weighted by Crippen LogP contribution is 2.44. The van der Waals surface area contributed by atoms with Crippen LogP contribution in [-0.4, -0.2) is 120 Å². The number of benzene rings is 4. The van der Waals surface area contributed by atoms with Crippen molar-refractivity contribution in [3.63, 3.8) is 0 Å². The lowest BCUT2D eigenvalue weighted by atomic mass is 10.2. The first-order valence-corrected chi connectivity index (χ1v) is 23.7. The molecule has 1 atom stereocenters. The topological polar surface area (TPSA) is 158 Å². The summed E-state index contributed by atoms with van der Waals surface area (Å²) in [7, 11) is -0.843. The minimum Gasteiger partial charge on any atom is -0.494 e. The van der Waals surface area contributed by atoms with E-state index in [2.05, 4.69) is 56.4 Å². The number of aromatic nitrogens is 4. The lowest BCUT2D eigenvalue weighted by molar-refractivity contribution is -0.131. The molecule has 0 saturated carbocycles. The molecular formula is C47H59N8O6P. The van der Waals surface area contributed by atoms with E-state index in [1.165, 1.54) is 5.69 Å². The Kier molecular flexibility index (Phi) is 14.3. The Bertz CT molecular complexity index is 2470. The quantitative estimate of drug-likeness (QED) is 0.0565. The summed E-state index contributed by atoms with van der Waals surface area (Å²) < 4.78 is 30.4. The van der Waals surface area contributed by atoms with Crippen molar-refractivity contribution in [2.24, 2.45) is 0 Å². The highest BCUT2D eigenvalue weighted by atomic mass is 31.2. The van der Waals surface area contributed by atoms with Crippen LogP contribution < -0.4 is 15.0 Å². The SMILES string of the molecule is CN1CCN(c2ccc3nc(-c4ccc5nc(-c6ccc(OCCCN(CCCNC(=O)OC(C)(C)C)C(=O)CCP(C)(=O)OCc7ccccc7)cc6)[nH]c5c4)[nH]c3c2)CC1. The van der Waals surface area contributed by atoms with Crippen LogP contribution in [0.4, 0.5) is 10.5 Å². The van der Waals surface area contributed by atoms with Gasteiger partial charge in [0.25, 0.3) is 0 Å². The number of likely N-dealkylation sites (N-methyl/N-ethyl adjacent to an activating group) is 1. The number of fused-ring (bicyclic) bond motifs is 2. The predicted octanol–water partition coefficient (Wildman–Crippen LogP) is 8.55. The standard InChI is InChI=1S/C47H59N8O6P/c1-47(2,3)61-46(57)48-22-9-23-55(43(56)21-30-62(5,58)60-33-34-11-7-6-8-12-34)24-10-29-59-38-17-13-35(14-18-38)44-49-39-19-15-36(31-41(39)51-44)45-50-40-20-16-37(32-42(40)52-45)54-27-25-53(4)26-28-54/h6-8,11-20,31-32H,9-10,21-30,33H2,1-5H3,(H,48,57)(H,49,51)(H,50,52). The van der Waals surface area contributed by atoms with Crippen molar-refractivity contribution in [1.82, 2.24) is 35.1 Å². The normalized spacial score (nSPS) is 14.5. The number of ether oxygens (including phenoxy) is 2. The van der Waals surface area contributed by atoms with Gasteiger partial charge in [0, 0.05) is 81.9 Å². The zero-order valence-electron chi connectivity index (χ0n) is 36.5. The molecule has 2 aromatic heterocycles. The number of nitrogens with one attached hydrogen (secondary N) is 3. The molecular weight excluding hydrogens is 804 g/mol. The molecule has 0 bridgehead atoms. The number of piperazine rings is 1. The van der Waals surface area contributed by atoms with Gasteiger partial charge >= 0.3 is 6.09 Å². The van der Waals surface area contributed by atoms with Crippen LogP contribution in [0.25, 0.3) is 44.8 Å². The van der Waals surface area contributed by atoms with Crippen molar-refractivity contribution in [2.75, 3.05) is 77.2 Å². The van der Waals surface area contributed by atoms with Gasteiger partial charge in [0.1, 0.15) is 23.0 Å². The maximum atomic E-state index is 13.5. The van der Waals surface area contributed by atoms with Crippen molar-refractivity contribution >= 4 is 47.1 Å². The van der Waals surface area contributed by atoms with Crippen molar-refractivity contribution in [2.45, 2.75) is 52.2 Å². The maximum absolute atomic E-state index is 13.5. The first-order valence-electron chi connectivity index (χ1n) is 21.4. The molecule has 1 aliphatic rings. The molecule has 328 valence electrons. The molecule has 7 rings (SSSR count). The minimum absolute atomic E-state index is 0.0888. The van der Waals surface area contributed by atoms with Gasteiger partial charge in [-0.1, -0.05) is 30.3 Å². The number of anilines is 1. The van der Waals surface area contributed by atoms with Gasteiger partial charge in [-0.15, -0.1) is 0 Å². The second kappa shape index (κ2) is 20.0. The largest absolute Gasteiger partial charge is 0.494 e. The van der Waals surface area contributed by atoms with Gasteiger partial charge in [-0.3, -0.25) is 9.36 Å². The number of alkyl carbamates (subject to hydrolysis) is 1. The van der Waals surface area contributed by atoms with E-state index >= 15 is 0 Å². The summed E-state index contributed by atoms with van der Waals surface area (Å²) in [5, 5.41) is 2.76. The van der Waals surface area contributed by atoms with Crippen LogP contribution in [-0.2, 0) is 25.2 Å². The Morgan fingerprint density at radius 2 is 1.47 bits per heavy atom. The molecule has 0 spiro atoms. The van der Waals surface area contributed by atoms with Gasteiger partial charge in [-0.2, -0.15) is 0 Å². The molecule has 4 aromatic carbocycles. The van der Waals surface area contributed by atoms with Crippen molar-refractivity contribution in [3.8, 4) is 28.5 Å². The third-order valence-electron chi connectivity index (χ3n) is 10.8. The third-order valence-corrected chi connectivity index (χ3v) is 12.5. The van der Waals surface area contributed by atoms with Crippen LogP contribution in [0.15, 0.2) is 91.0 Å². The highest BCUT2D eigenvalue weighted by Gasteiger charge is 2.22. The van der Waals surface area contributed by atoms with E-state index < -0.39 is 19.1 Å². The molecule has 6 aromatic rings. The van der Waals surface area contributed by atoms with Gasteiger partial charge in [0.2, 0.25) is 13.3 Å². The second-order valence-electron chi connectivity index (χ2n) is 17.0. The summed E-state index contributed by atoms with van der Waals surface area (Å²) in [6.07, 6.45) is 0.838. The van der Waals surface area contributed by atoms with Crippen LogP contribution in [0.5, 0.6) is 5.75 Å². The van der Waals surface area contributed by atoms with Gasteiger partial charge in [-0.05, 0) is 107 Å². The number of aromatic amines is 2. The highest BCUT2D eigenvalue weighted by molar-refractivity contribution is 7.58. The first-order chi connectivity index (χ1) is 29.8. The monoisotopic (exact) mass is 862 g/mol. The fraction of sp³-hybridized carbons (Fsp3) is 0.404. The summed E-state index contributed by atoms with van der Waals surface area (Å²) in [6.45, 7) is 13.0. The van der Waals surface area contributed by atoms with Gasteiger partial charge in [0.15, 0.2) is 0 Å².